The van der Waals surface area contributed by atoms with Crippen molar-refractivity contribution >= 4 is 16.5 Å². The molecule has 0 aliphatic rings. The Labute approximate surface area is 125 Å². The van der Waals surface area contributed by atoms with Gasteiger partial charge in [0, 0.05) is 25.0 Å². The molecule has 1 aromatic heterocycles. The Kier molecular flexibility index (Phi) is 5.15. The Morgan fingerprint density at radius 3 is 2.55 bits per heavy atom. The molecule has 108 valence electrons. The molecule has 0 unspecified atom stereocenters. The van der Waals surface area contributed by atoms with Gasteiger partial charge in [-0.2, -0.15) is 0 Å². The van der Waals surface area contributed by atoms with Gasteiger partial charge in [0.1, 0.15) is 0 Å². The van der Waals surface area contributed by atoms with Gasteiger partial charge in [-0.25, -0.2) is 4.98 Å². The minimum absolute atomic E-state index is 0.466. The van der Waals surface area contributed by atoms with E-state index in [0.29, 0.717) is 5.92 Å². The summed E-state index contributed by atoms with van der Waals surface area (Å²) in [6.07, 6.45) is 0. The summed E-state index contributed by atoms with van der Waals surface area (Å²) < 4.78 is 0. The summed E-state index contributed by atoms with van der Waals surface area (Å²) in [4.78, 5) is 8.40. The molecule has 0 bridgehead atoms. The molecule has 0 saturated carbocycles. The SMILES string of the molecule is CNCc1sc(N(C)Cc2ccccc2)nc1C(C)C. The standard InChI is InChI=1S/C16H23N3S/c1-12(2)15-14(10-17-3)20-16(18-15)19(4)11-13-8-6-5-7-9-13/h5-9,12,17H,10-11H2,1-4H3. The van der Waals surface area contributed by atoms with Crippen molar-refractivity contribution in [2.24, 2.45) is 0 Å². The van der Waals surface area contributed by atoms with E-state index < -0.39 is 0 Å². The van der Waals surface area contributed by atoms with E-state index in [9.17, 15) is 0 Å². The van der Waals surface area contributed by atoms with Crippen molar-refractivity contribution < 1.29 is 0 Å². The van der Waals surface area contributed by atoms with Crippen molar-refractivity contribution in [1.29, 1.82) is 0 Å². The van der Waals surface area contributed by atoms with E-state index in [1.165, 1.54) is 16.1 Å². The molecule has 2 aromatic rings. The lowest BCUT2D eigenvalue weighted by Crippen LogP contribution is -2.16. The Hall–Kier alpha value is -1.39. The second kappa shape index (κ2) is 6.86. The minimum Gasteiger partial charge on any atom is -0.347 e. The van der Waals surface area contributed by atoms with Crippen LogP contribution in [-0.2, 0) is 13.1 Å². The summed E-state index contributed by atoms with van der Waals surface area (Å²) in [5.41, 5.74) is 2.53. The molecule has 4 heteroatoms. The zero-order chi connectivity index (χ0) is 14.5. The average molecular weight is 289 g/mol. The molecule has 1 aromatic carbocycles. The van der Waals surface area contributed by atoms with Crippen molar-refractivity contribution in [3.8, 4) is 0 Å². The summed E-state index contributed by atoms with van der Waals surface area (Å²) in [6, 6.07) is 10.5. The van der Waals surface area contributed by atoms with E-state index in [-0.39, 0.29) is 0 Å². The fourth-order valence-corrected chi connectivity index (χ4v) is 3.36. The Morgan fingerprint density at radius 1 is 1.25 bits per heavy atom. The fraction of sp³-hybridized carbons (Fsp3) is 0.438. The summed E-state index contributed by atoms with van der Waals surface area (Å²) in [7, 11) is 4.09. The van der Waals surface area contributed by atoms with E-state index in [2.05, 4.69) is 61.4 Å². The van der Waals surface area contributed by atoms with Crippen LogP contribution in [0.15, 0.2) is 30.3 Å². The molecule has 0 amide bonds. The maximum absolute atomic E-state index is 4.83. The molecule has 0 spiro atoms. The van der Waals surface area contributed by atoms with Gasteiger partial charge in [0.2, 0.25) is 0 Å². The van der Waals surface area contributed by atoms with E-state index in [1.54, 1.807) is 11.3 Å². The summed E-state index contributed by atoms with van der Waals surface area (Å²) in [5.74, 6) is 0.466. The van der Waals surface area contributed by atoms with Crippen LogP contribution in [0.1, 0.15) is 35.9 Å². The highest BCUT2D eigenvalue weighted by molar-refractivity contribution is 7.15. The van der Waals surface area contributed by atoms with Gasteiger partial charge in [0.25, 0.3) is 0 Å². The van der Waals surface area contributed by atoms with Crippen LogP contribution in [0.4, 0.5) is 5.13 Å². The smallest absolute Gasteiger partial charge is 0.185 e. The Morgan fingerprint density at radius 2 is 1.95 bits per heavy atom. The molecule has 1 N–H and O–H groups in total. The number of rotatable bonds is 6. The number of nitrogens with one attached hydrogen (secondary N) is 1. The second-order valence-electron chi connectivity index (χ2n) is 5.33. The van der Waals surface area contributed by atoms with Gasteiger partial charge in [-0.15, -0.1) is 11.3 Å². The van der Waals surface area contributed by atoms with E-state index in [0.717, 1.165) is 18.2 Å². The lowest BCUT2D eigenvalue weighted by Gasteiger charge is -2.15. The van der Waals surface area contributed by atoms with Crippen molar-refractivity contribution in [2.75, 3.05) is 19.0 Å². The summed E-state index contributed by atoms with van der Waals surface area (Å²) >= 11 is 1.79. The number of benzene rings is 1. The largest absolute Gasteiger partial charge is 0.347 e. The Balaban J connectivity index is 2.17. The zero-order valence-electron chi connectivity index (χ0n) is 12.7. The normalized spacial score (nSPS) is 11.1. The van der Waals surface area contributed by atoms with Gasteiger partial charge in [-0.05, 0) is 18.5 Å². The van der Waals surface area contributed by atoms with Crippen molar-refractivity contribution in [1.82, 2.24) is 10.3 Å². The average Bonchev–Trinajstić information content (AvgIpc) is 2.85. The first kappa shape index (κ1) is 15.0. The molecular formula is C16H23N3S. The quantitative estimate of drug-likeness (QED) is 0.880. The van der Waals surface area contributed by atoms with Crippen molar-refractivity contribution in [3.63, 3.8) is 0 Å². The topological polar surface area (TPSA) is 28.2 Å². The summed E-state index contributed by atoms with van der Waals surface area (Å²) in [5, 5.41) is 4.33. The van der Waals surface area contributed by atoms with Crippen LogP contribution in [0, 0.1) is 0 Å². The third kappa shape index (κ3) is 3.58. The van der Waals surface area contributed by atoms with Gasteiger partial charge in [0.15, 0.2) is 5.13 Å². The number of thiazole rings is 1. The van der Waals surface area contributed by atoms with Crippen LogP contribution in [0.2, 0.25) is 0 Å². The molecular weight excluding hydrogens is 266 g/mol. The third-order valence-corrected chi connectivity index (χ3v) is 4.38. The molecule has 0 fully saturated rings. The predicted octanol–water partition coefficient (Wildman–Crippen LogP) is 3.62. The molecule has 0 atom stereocenters. The van der Waals surface area contributed by atoms with Crippen molar-refractivity contribution in [3.05, 3.63) is 46.5 Å². The first-order valence-electron chi connectivity index (χ1n) is 7.01. The van der Waals surface area contributed by atoms with E-state index in [4.69, 9.17) is 4.98 Å². The fourth-order valence-electron chi connectivity index (χ4n) is 2.18. The molecule has 0 aliphatic carbocycles. The number of anilines is 1. The number of aromatic nitrogens is 1. The monoisotopic (exact) mass is 289 g/mol. The molecule has 0 aliphatic heterocycles. The maximum Gasteiger partial charge on any atom is 0.185 e. The van der Waals surface area contributed by atoms with Gasteiger partial charge >= 0.3 is 0 Å². The molecule has 3 nitrogen and oxygen atoms in total. The highest BCUT2D eigenvalue weighted by atomic mass is 32.1. The van der Waals surface area contributed by atoms with Gasteiger partial charge in [0.05, 0.1) is 5.69 Å². The van der Waals surface area contributed by atoms with E-state index in [1.807, 2.05) is 7.05 Å². The zero-order valence-corrected chi connectivity index (χ0v) is 13.5. The van der Waals surface area contributed by atoms with Crippen LogP contribution < -0.4 is 10.2 Å². The van der Waals surface area contributed by atoms with E-state index >= 15 is 0 Å². The molecule has 2 rings (SSSR count). The highest BCUT2D eigenvalue weighted by Crippen LogP contribution is 2.30. The second-order valence-corrected chi connectivity index (χ2v) is 6.39. The van der Waals surface area contributed by atoms with Gasteiger partial charge in [-0.3, -0.25) is 0 Å². The lowest BCUT2D eigenvalue weighted by molar-refractivity contribution is 0.768. The lowest BCUT2D eigenvalue weighted by atomic mass is 10.1. The number of hydrogen-bond donors (Lipinski definition) is 1. The molecule has 0 saturated heterocycles. The van der Waals surface area contributed by atoms with Gasteiger partial charge in [-0.1, -0.05) is 44.2 Å². The number of nitrogens with zero attached hydrogens (tertiary/aromatic N) is 2. The molecule has 20 heavy (non-hydrogen) atoms. The Bertz CT molecular complexity index is 534. The predicted molar refractivity (Wildman–Crippen MR) is 87.5 cm³/mol. The van der Waals surface area contributed by atoms with Crippen LogP contribution >= 0.6 is 11.3 Å². The maximum atomic E-state index is 4.83. The van der Waals surface area contributed by atoms with Gasteiger partial charge < -0.3 is 10.2 Å². The minimum atomic E-state index is 0.466. The molecule has 1 heterocycles. The highest BCUT2D eigenvalue weighted by Gasteiger charge is 2.16. The summed E-state index contributed by atoms with van der Waals surface area (Å²) in [6.45, 7) is 6.19. The number of hydrogen-bond acceptors (Lipinski definition) is 4. The first-order valence-corrected chi connectivity index (χ1v) is 7.82. The van der Waals surface area contributed by atoms with Crippen LogP contribution in [-0.4, -0.2) is 19.1 Å². The molecule has 0 radical (unpaired) electrons. The van der Waals surface area contributed by atoms with Crippen molar-refractivity contribution in [2.45, 2.75) is 32.9 Å². The third-order valence-electron chi connectivity index (χ3n) is 3.19. The first-order chi connectivity index (χ1) is 9.61. The van der Waals surface area contributed by atoms with Crippen LogP contribution in [0.3, 0.4) is 0 Å². The van der Waals surface area contributed by atoms with Crippen LogP contribution in [0.5, 0.6) is 0 Å². The van der Waals surface area contributed by atoms with Crippen LogP contribution in [0.25, 0.3) is 0 Å².